The topological polar surface area (TPSA) is 64.4 Å². The van der Waals surface area contributed by atoms with Gasteiger partial charge in [-0.2, -0.15) is 0 Å². The van der Waals surface area contributed by atoms with Crippen LogP contribution < -0.4 is 5.32 Å². The second-order valence-corrected chi connectivity index (χ2v) is 5.16. The van der Waals surface area contributed by atoms with Crippen molar-refractivity contribution in [3.63, 3.8) is 0 Å². The van der Waals surface area contributed by atoms with Crippen LogP contribution in [0.1, 0.15) is 19.3 Å². The van der Waals surface area contributed by atoms with Crippen LogP contribution in [0.3, 0.4) is 0 Å². The standard InChI is InChI=1S/C12H15BrN2O3/c13-11-4-3-10(15(16)17)8-12(11)14-9-2-1-6-18-7-5-9/h3-4,8-9,14H,1-2,5-7H2. The fourth-order valence-electron chi connectivity index (χ4n) is 2.01. The Morgan fingerprint density at radius 1 is 1.39 bits per heavy atom. The highest BCUT2D eigenvalue weighted by Crippen LogP contribution is 2.28. The molecule has 0 saturated carbocycles. The van der Waals surface area contributed by atoms with Gasteiger partial charge in [-0.05, 0) is 41.3 Å². The Balaban J connectivity index is 2.11. The van der Waals surface area contributed by atoms with Crippen LogP contribution in [0.4, 0.5) is 11.4 Å². The lowest BCUT2D eigenvalue weighted by atomic mass is 10.1. The van der Waals surface area contributed by atoms with E-state index in [1.54, 1.807) is 12.1 Å². The van der Waals surface area contributed by atoms with Crippen molar-refractivity contribution in [2.75, 3.05) is 18.5 Å². The second kappa shape index (κ2) is 6.15. The molecule has 98 valence electrons. The SMILES string of the molecule is O=[N+]([O-])c1ccc(Br)c(NC2CCCOCC2)c1. The van der Waals surface area contributed by atoms with Gasteiger partial charge in [0, 0.05) is 35.9 Å². The Morgan fingerprint density at radius 3 is 3.00 bits per heavy atom. The van der Waals surface area contributed by atoms with Crippen molar-refractivity contribution in [2.24, 2.45) is 0 Å². The number of nitro groups is 1. The zero-order valence-electron chi connectivity index (χ0n) is 9.89. The van der Waals surface area contributed by atoms with Gasteiger partial charge in [0.05, 0.1) is 10.6 Å². The van der Waals surface area contributed by atoms with Gasteiger partial charge < -0.3 is 10.1 Å². The molecule has 1 aromatic carbocycles. The number of nitro benzene ring substituents is 1. The molecule has 1 fully saturated rings. The van der Waals surface area contributed by atoms with Crippen molar-refractivity contribution in [3.05, 3.63) is 32.8 Å². The first-order chi connectivity index (χ1) is 8.66. The maximum absolute atomic E-state index is 10.8. The summed E-state index contributed by atoms with van der Waals surface area (Å²) in [6.07, 6.45) is 2.97. The van der Waals surface area contributed by atoms with E-state index in [0.29, 0.717) is 6.04 Å². The summed E-state index contributed by atoms with van der Waals surface area (Å²) in [5.74, 6) is 0. The largest absolute Gasteiger partial charge is 0.381 e. The molecule has 2 rings (SSSR count). The third-order valence-electron chi connectivity index (χ3n) is 2.97. The van der Waals surface area contributed by atoms with Crippen LogP contribution in [0, 0.1) is 10.1 Å². The third kappa shape index (κ3) is 3.43. The minimum atomic E-state index is -0.381. The molecular formula is C12H15BrN2O3. The molecule has 1 aliphatic heterocycles. The smallest absolute Gasteiger partial charge is 0.271 e. The first kappa shape index (κ1) is 13.3. The number of ether oxygens (including phenoxy) is 1. The summed E-state index contributed by atoms with van der Waals surface area (Å²) in [7, 11) is 0. The summed E-state index contributed by atoms with van der Waals surface area (Å²) >= 11 is 3.41. The van der Waals surface area contributed by atoms with Crippen LogP contribution in [0.2, 0.25) is 0 Å². The molecule has 18 heavy (non-hydrogen) atoms. The molecule has 1 heterocycles. The third-order valence-corrected chi connectivity index (χ3v) is 3.66. The summed E-state index contributed by atoms with van der Waals surface area (Å²) in [6.45, 7) is 1.54. The van der Waals surface area contributed by atoms with Crippen molar-refractivity contribution in [1.82, 2.24) is 0 Å². The zero-order chi connectivity index (χ0) is 13.0. The molecule has 5 nitrogen and oxygen atoms in total. The Bertz CT molecular complexity index is 431. The maximum Gasteiger partial charge on any atom is 0.271 e. The van der Waals surface area contributed by atoms with Crippen LogP contribution in [0.5, 0.6) is 0 Å². The number of halogens is 1. The minimum Gasteiger partial charge on any atom is -0.381 e. The molecule has 0 amide bonds. The number of rotatable bonds is 3. The van der Waals surface area contributed by atoms with E-state index in [2.05, 4.69) is 21.2 Å². The highest BCUT2D eigenvalue weighted by atomic mass is 79.9. The summed E-state index contributed by atoms with van der Waals surface area (Å²) in [6, 6.07) is 5.07. The predicted molar refractivity (Wildman–Crippen MR) is 72.9 cm³/mol. The molecule has 1 saturated heterocycles. The fraction of sp³-hybridized carbons (Fsp3) is 0.500. The van der Waals surface area contributed by atoms with Crippen LogP contribution in [-0.4, -0.2) is 24.2 Å². The molecule has 6 heteroatoms. The Kier molecular flexibility index (Phi) is 4.54. The zero-order valence-corrected chi connectivity index (χ0v) is 11.5. The van der Waals surface area contributed by atoms with Crippen molar-refractivity contribution in [1.29, 1.82) is 0 Å². The number of anilines is 1. The van der Waals surface area contributed by atoms with Gasteiger partial charge in [-0.15, -0.1) is 0 Å². The number of nitrogens with zero attached hydrogens (tertiary/aromatic N) is 1. The Morgan fingerprint density at radius 2 is 2.22 bits per heavy atom. The van der Waals surface area contributed by atoms with E-state index in [1.165, 1.54) is 6.07 Å². The summed E-state index contributed by atoms with van der Waals surface area (Å²) in [5, 5.41) is 14.1. The van der Waals surface area contributed by atoms with Crippen molar-refractivity contribution in [2.45, 2.75) is 25.3 Å². The Hall–Kier alpha value is -1.14. The first-order valence-electron chi connectivity index (χ1n) is 5.95. The van der Waals surface area contributed by atoms with Crippen LogP contribution >= 0.6 is 15.9 Å². The van der Waals surface area contributed by atoms with Crippen LogP contribution in [0.15, 0.2) is 22.7 Å². The molecular weight excluding hydrogens is 300 g/mol. The van der Waals surface area contributed by atoms with Gasteiger partial charge in [0.15, 0.2) is 0 Å². The van der Waals surface area contributed by atoms with E-state index in [9.17, 15) is 10.1 Å². The molecule has 1 aromatic rings. The summed E-state index contributed by atoms with van der Waals surface area (Å²) in [5.41, 5.74) is 0.877. The normalized spacial score (nSPS) is 20.2. The lowest BCUT2D eigenvalue weighted by Crippen LogP contribution is -2.19. The van der Waals surface area contributed by atoms with Crippen molar-refractivity contribution >= 4 is 27.3 Å². The van der Waals surface area contributed by atoms with Gasteiger partial charge in [0.1, 0.15) is 0 Å². The number of nitrogens with one attached hydrogen (secondary N) is 1. The number of benzene rings is 1. The van der Waals surface area contributed by atoms with E-state index in [-0.39, 0.29) is 10.6 Å². The van der Waals surface area contributed by atoms with E-state index in [0.717, 1.165) is 42.6 Å². The van der Waals surface area contributed by atoms with Gasteiger partial charge >= 0.3 is 0 Å². The maximum atomic E-state index is 10.8. The van der Waals surface area contributed by atoms with Gasteiger partial charge in [-0.3, -0.25) is 10.1 Å². The van der Waals surface area contributed by atoms with Gasteiger partial charge in [-0.25, -0.2) is 0 Å². The number of hydrogen-bond donors (Lipinski definition) is 1. The van der Waals surface area contributed by atoms with E-state index >= 15 is 0 Å². The molecule has 0 bridgehead atoms. The fourth-order valence-corrected chi connectivity index (χ4v) is 2.37. The second-order valence-electron chi connectivity index (χ2n) is 4.31. The quantitative estimate of drug-likeness (QED) is 0.686. The lowest BCUT2D eigenvalue weighted by Gasteiger charge is -2.17. The van der Waals surface area contributed by atoms with E-state index in [1.807, 2.05) is 0 Å². The van der Waals surface area contributed by atoms with Crippen LogP contribution in [-0.2, 0) is 4.74 Å². The van der Waals surface area contributed by atoms with E-state index in [4.69, 9.17) is 4.74 Å². The average Bonchev–Trinajstić information content (AvgIpc) is 2.60. The van der Waals surface area contributed by atoms with Crippen molar-refractivity contribution in [3.8, 4) is 0 Å². The molecule has 0 spiro atoms. The lowest BCUT2D eigenvalue weighted by molar-refractivity contribution is -0.384. The molecule has 0 aromatic heterocycles. The van der Waals surface area contributed by atoms with E-state index < -0.39 is 0 Å². The number of non-ortho nitro benzene ring substituents is 1. The Labute approximate surface area is 114 Å². The van der Waals surface area contributed by atoms with Gasteiger partial charge in [0.25, 0.3) is 5.69 Å². The predicted octanol–water partition coefficient (Wildman–Crippen LogP) is 3.34. The van der Waals surface area contributed by atoms with Gasteiger partial charge in [0.2, 0.25) is 0 Å². The molecule has 1 atom stereocenters. The molecule has 0 aliphatic carbocycles. The number of hydrogen-bond acceptors (Lipinski definition) is 4. The molecule has 1 unspecified atom stereocenters. The monoisotopic (exact) mass is 314 g/mol. The highest BCUT2D eigenvalue weighted by Gasteiger charge is 2.15. The first-order valence-corrected chi connectivity index (χ1v) is 6.74. The molecule has 1 N–H and O–H groups in total. The van der Waals surface area contributed by atoms with Crippen LogP contribution in [0.25, 0.3) is 0 Å². The molecule has 1 aliphatic rings. The minimum absolute atomic E-state index is 0.102. The highest BCUT2D eigenvalue weighted by molar-refractivity contribution is 9.10. The van der Waals surface area contributed by atoms with Gasteiger partial charge in [-0.1, -0.05) is 0 Å². The summed E-state index contributed by atoms with van der Waals surface area (Å²) in [4.78, 5) is 10.4. The summed E-state index contributed by atoms with van der Waals surface area (Å²) < 4.78 is 6.24. The van der Waals surface area contributed by atoms with Crippen molar-refractivity contribution < 1.29 is 9.66 Å². The molecule has 0 radical (unpaired) electrons. The average molecular weight is 315 g/mol.